The second-order valence-corrected chi connectivity index (χ2v) is 5.22. The molecule has 3 N–H and O–H groups in total. The summed E-state index contributed by atoms with van der Waals surface area (Å²) in [5.41, 5.74) is 1.65. The van der Waals surface area contributed by atoms with Gasteiger partial charge in [-0.1, -0.05) is 42.5 Å². The van der Waals surface area contributed by atoms with Crippen LogP contribution in [0, 0.1) is 0 Å². The number of carbonyl (C=O) groups is 2. The molecule has 0 fully saturated rings. The Hall–Kier alpha value is -3.02. The van der Waals surface area contributed by atoms with Crippen LogP contribution in [0.3, 0.4) is 0 Å². The Morgan fingerprint density at radius 1 is 1.04 bits per heavy atom. The molecule has 0 aromatic heterocycles. The molecule has 1 atom stereocenters. The SMILES string of the molecule is COc1ccccc1N[C@@H](C)C(=O)NC(=O)NCc1ccccc1. The Kier molecular flexibility index (Phi) is 6.19. The number of hydrogen-bond donors (Lipinski definition) is 3. The van der Waals surface area contributed by atoms with Gasteiger partial charge in [0.05, 0.1) is 12.8 Å². The van der Waals surface area contributed by atoms with Crippen molar-refractivity contribution in [2.75, 3.05) is 12.4 Å². The van der Waals surface area contributed by atoms with E-state index in [1.807, 2.05) is 42.5 Å². The van der Waals surface area contributed by atoms with Crippen molar-refractivity contribution in [1.82, 2.24) is 10.6 Å². The fourth-order valence-electron chi connectivity index (χ4n) is 2.11. The molecule has 3 amide bonds. The van der Waals surface area contributed by atoms with Gasteiger partial charge in [-0.05, 0) is 24.6 Å². The van der Waals surface area contributed by atoms with E-state index in [2.05, 4.69) is 16.0 Å². The second-order valence-electron chi connectivity index (χ2n) is 5.22. The number of benzene rings is 2. The molecule has 2 aromatic carbocycles. The van der Waals surface area contributed by atoms with Crippen LogP contribution in [-0.2, 0) is 11.3 Å². The highest BCUT2D eigenvalue weighted by atomic mass is 16.5. The number of nitrogens with one attached hydrogen (secondary N) is 3. The monoisotopic (exact) mass is 327 g/mol. The number of hydrogen-bond acceptors (Lipinski definition) is 4. The lowest BCUT2D eigenvalue weighted by Gasteiger charge is -2.17. The van der Waals surface area contributed by atoms with Gasteiger partial charge in [0.1, 0.15) is 11.8 Å². The first kappa shape index (κ1) is 17.3. The number of methoxy groups -OCH3 is 1. The number of ether oxygens (including phenoxy) is 1. The van der Waals surface area contributed by atoms with Crippen LogP contribution >= 0.6 is 0 Å². The number of carbonyl (C=O) groups excluding carboxylic acids is 2. The van der Waals surface area contributed by atoms with Gasteiger partial charge in [0, 0.05) is 6.54 Å². The van der Waals surface area contributed by atoms with Gasteiger partial charge in [0.2, 0.25) is 5.91 Å². The lowest BCUT2D eigenvalue weighted by Crippen LogP contribution is -2.45. The maximum atomic E-state index is 12.1. The Balaban J connectivity index is 1.83. The molecule has 0 saturated heterocycles. The minimum Gasteiger partial charge on any atom is -0.495 e. The molecular formula is C18H21N3O3. The highest BCUT2D eigenvalue weighted by molar-refractivity contribution is 5.98. The van der Waals surface area contributed by atoms with E-state index in [1.54, 1.807) is 26.2 Å². The molecule has 0 aliphatic heterocycles. The molecule has 2 rings (SSSR count). The van der Waals surface area contributed by atoms with Crippen molar-refractivity contribution < 1.29 is 14.3 Å². The fourth-order valence-corrected chi connectivity index (χ4v) is 2.11. The average molecular weight is 327 g/mol. The van der Waals surface area contributed by atoms with Gasteiger partial charge >= 0.3 is 6.03 Å². The molecule has 0 unspecified atom stereocenters. The molecule has 0 spiro atoms. The van der Waals surface area contributed by atoms with E-state index in [0.29, 0.717) is 18.0 Å². The fraction of sp³-hybridized carbons (Fsp3) is 0.222. The highest BCUT2D eigenvalue weighted by Gasteiger charge is 2.16. The Bertz CT molecular complexity index is 689. The van der Waals surface area contributed by atoms with Crippen LogP contribution in [0.5, 0.6) is 5.75 Å². The van der Waals surface area contributed by atoms with Crippen LogP contribution < -0.4 is 20.7 Å². The molecule has 6 heteroatoms. The van der Waals surface area contributed by atoms with E-state index < -0.39 is 18.0 Å². The van der Waals surface area contributed by atoms with Crippen molar-refractivity contribution in [1.29, 1.82) is 0 Å². The van der Waals surface area contributed by atoms with Crippen molar-refractivity contribution in [3.05, 3.63) is 60.2 Å². The third-order valence-electron chi connectivity index (χ3n) is 3.40. The summed E-state index contributed by atoms with van der Waals surface area (Å²) in [5.74, 6) is 0.206. The topological polar surface area (TPSA) is 79.5 Å². The van der Waals surface area contributed by atoms with Gasteiger partial charge in [-0.3, -0.25) is 10.1 Å². The summed E-state index contributed by atoms with van der Waals surface area (Å²) in [6.07, 6.45) is 0. The molecule has 24 heavy (non-hydrogen) atoms. The smallest absolute Gasteiger partial charge is 0.321 e. The summed E-state index contributed by atoms with van der Waals surface area (Å²) in [5, 5.41) is 7.99. The molecule has 0 aliphatic rings. The normalized spacial score (nSPS) is 11.2. The summed E-state index contributed by atoms with van der Waals surface area (Å²) in [6.45, 7) is 2.03. The van der Waals surface area contributed by atoms with E-state index in [0.717, 1.165) is 5.56 Å². The van der Waals surface area contributed by atoms with Crippen LogP contribution in [0.15, 0.2) is 54.6 Å². The van der Waals surface area contributed by atoms with Crippen LogP contribution in [0.4, 0.5) is 10.5 Å². The molecule has 0 radical (unpaired) electrons. The third-order valence-corrected chi connectivity index (χ3v) is 3.40. The number of para-hydroxylation sites is 2. The molecule has 0 aliphatic carbocycles. The summed E-state index contributed by atoms with van der Waals surface area (Å²) in [6, 6.07) is 15.6. The van der Waals surface area contributed by atoms with Crippen molar-refractivity contribution in [2.24, 2.45) is 0 Å². The zero-order valence-electron chi connectivity index (χ0n) is 13.7. The van der Waals surface area contributed by atoms with E-state index in [1.165, 1.54) is 0 Å². The number of imide groups is 1. The first-order valence-electron chi connectivity index (χ1n) is 7.62. The maximum Gasteiger partial charge on any atom is 0.321 e. The number of urea groups is 1. The molecule has 126 valence electrons. The van der Waals surface area contributed by atoms with E-state index in [-0.39, 0.29) is 0 Å². The quantitative estimate of drug-likeness (QED) is 0.762. The molecule has 2 aromatic rings. The lowest BCUT2D eigenvalue weighted by molar-refractivity contribution is -0.120. The summed E-state index contributed by atoms with van der Waals surface area (Å²) in [4.78, 5) is 23.9. The van der Waals surface area contributed by atoms with Crippen LogP contribution in [-0.4, -0.2) is 25.1 Å². The van der Waals surface area contributed by atoms with Gasteiger partial charge in [-0.2, -0.15) is 0 Å². The second kappa shape index (κ2) is 8.57. The van der Waals surface area contributed by atoms with Crippen LogP contribution in [0.1, 0.15) is 12.5 Å². The largest absolute Gasteiger partial charge is 0.495 e. The van der Waals surface area contributed by atoms with Crippen molar-refractivity contribution in [3.63, 3.8) is 0 Å². The number of rotatable bonds is 6. The Labute approximate surface area is 141 Å². The van der Waals surface area contributed by atoms with Crippen LogP contribution in [0.2, 0.25) is 0 Å². The molecule has 6 nitrogen and oxygen atoms in total. The first-order valence-corrected chi connectivity index (χ1v) is 7.62. The van der Waals surface area contributed by atoms with Gasteiger partial charge in [-0.25, -0.2) is 4.79 Å². The average Bonchev–Trinajstić information content (AvgIpc) is 2.61. The van der Waals surface area contributed by atoms with Gasteiger partial charge in [0.15, 0.2) is 0 Å². The molecule has 0 bridgehead atoms. The van der Waals surface area contributed by atoms with Gasteiger partial charge in [-0.15, -0.1) is 0 Å². The van der Waals surface area contributed by atoms with Crippen LogP contribution in [0.25, 0.3) is 0 Å². The Morgan fingerprint density at radius 2 is 1.71 bits per heavy atom. The molecule has 0 saturated carbocycles. The predicted molar refractivity (Wildman–Crippen MR) is 92.9 cm³/mol. The van der Waals surface area contributed by atoms with Crippen molar-refractivity contribution in [3.8, 4) is 5.75 Å². The van der Waals surface area contributed by atoms with Gasteiger partial charge < -0.3 is 15.4 Å². The Morgan fingerprint density at radius 3 is 2.42 bits per heavy atom. The molecule has 0 heterocycles. The minimum absolute atomic E-state index is 0.355. The van der Waals surface area contributed by atoms with E-state index in [4.69, 9.17) is 4.74 Å². The standard InChI is InChI=1S/C18H21N3O3/c1-13(20-15-10-6-7-11-16(15)24-2)17(22)21-18(23)19-12-14-8-4-3-5-9-14/h3-11,13,20H,12H2,1-2H3,(H2,19,21,22,23)/t13-/m0/s1. The minimum atomic E-state index is -0.594. The zero-order chi connectivity index (χ0) is 17.4. The summed E-state index contributed by atoms with van der Waals surface area (Å²) < 4.78 is 5.22. The summed E-state index contributed by atoms with van der Waals surface area (Å²) >= 11 is 0. The molecular weight excluding hydrogens is 306 g/mol. The van der Waals surface area contributed by atoms with Crippen molar-refractivity contribution >= 4 is 17.6 Å². The zero-order valence-corrected chi connectivity index (χ0v) is 13.7. The number of anilines is 1. The first-order chi connectivity index (χ1) is 11.6. The van der Waals surface area contributed by atoms with Crippen molar-refractivity contribution in [2.45, 2.75) is 19.5 Å². The highest BCUT2D eigenvalue weighted by Crippen LogP contribution is 2.23. The van der Waals surface area contributed by atoms with E-state index >= 15 is 0 Å². The maximum absolute atomic E-state index is 12.1. The van der Waals surface area contributed by atoms with E-state index in [9.17, 15) is 9.59 Å². The van der Waals surface area contributed by atoms with Gasteiger partial charge in [0.25, 0.3) is 0 Å². The predicted octanol–water partition coefficient (Wildman–Crippen LogP) is 2.52. The summed E-state index contributed by atoms with van der Waals surface area (Å²) in [7, 11) is 1.56. The number of amides is 3. The lowest BCUT2D eigenvalue weighted by atomic mass is 10.2. The third kappa shape index (κ3) is 5.01.